The van der Waals surface area contributed by atoms with Gasteiger partial charge in [0.1, 0.15) is 11.8 Å². The van der Waals surface area contributed by atoms with Gasteiger partial charge in [-0.2, -0.15) is 0 Å². The molecule has 1 aromatic rings. The van der Waals surface area contributed by atoms with E-state index in [1.165, 1.54) is 13.2 Å². The number of rotatable bonds is 5. The number of hydrogen-bond donors (Lipinski definition) is 1. The summed E-state index contributed by atoms with van der Waals surface area (Å²) in [6, 6.07) is 0.259. The molecule has 1 aliphatic carbocycles. The van der Waals surface area contributed by atoms with Gasteiger partial charge in [0.2, 0.25) is 5.91 Å². The molecular formula is C16H18FN3O4. The molecule has 1 aromatic heterocycles. The Labute approximate surface area is 138 Å². The number of hydrogen-bond acceptors (Lipinski definition) is 5. The number of carbonyl (C=O) groups excluding carboxylic acids is 3. The van der Waals surface area contributed by atoms with Gasteiger partial charge in [0.25, 0.3) is 11.8 Å². The first-order chi connectivity index (χ1) is 11.5. The van der Waals surface area contributed by atoms with Gasteiger partial charge in [-0.15, -0.1) is 0 Å². The molecule has 3 amide bonds. The standard InChI is InChI=1S/C16H18FN3O4/c1-20-13(21)5-4-12(16(20)23)19-15(22)14-11(17)6-10(7-18-14)24-8-9-2-3-9/h6-7,9,12H,2-5,8H2,1H3,(H,19,22). The highest BCUT2D eigenvalue weighted by molar-refractivity contribution is 6.03. The van der Waals surface area contributed by atoms with Crippen molar-refractivity contribution in [3.63, 3.8) is 0 Å². The number of carbonyl (C=O) groups is 3. The van der Waals surface area contributed by atoms with E-state index in [-0.39, 0.29) is 24.5 Å². The summed E-state index contributed by atoms with van der Waals surface area (Å²) in [6.07, 6.45) is 3.86. The van der Waals surface area contributed by atoms with Gasteiger partial charge in [0.15, 0.2) is 11.5 Å². The van der Waals surface area contributed by atoms with Crippen LogP contribution in [0, 0.1) is 11.7 Å². The minimum atomic E-state index is -0.854. The van der Waals surface area contributed by atoms with E-state index in [1.807, 2.05) is 0 Å². The van der Waals surface area contributed by atoms with Crippen LogP contribution in [0.4, 0.5) is 4.39 Å². The molecule has 2 fully saturated rings. The molecule has 1 aliphatic heterocycles. The van der Waals surface area contributed by atoms with Crippen LogP contribution in [0.5, 0.6) is 5.75 Å². The maximum atomic E-state index is 14.1. The van der Waals surface area contributed by atoms with Crippen molar-refractivity contribution in [2.75, 3.05) is 13.7 Å². The predicted octanol–water partition coefficient (Wildman–Crippen LogP) is 0.887. The lowest BCUT2D eigenvalue weighted by Gasteiger charge is -2.28. The second-order valence-corrected chi connectivity index (χ2v) is 6.11. The number of amides is 3. The van der Waals surface area contributed by atoms with Gasteiger partial charge in [0, 0.05) is 19.5 Å². The predicted molar refractivity (Wildman–Crippen MR) is 80.7 cm³/mol. The van der Waals surface area contributed by atoms with Gasteiger partial charge in [-0.25, -0.2) is 9.37 Å². The Balaban J connectivity index is 1.63. The van der Waals surface area contributed by atoms with Gasteiger partial charge < -0.3 is 10.1 Å². The van der Waals surface area contributed by atoms with Crippen molar-refractivity contribution in [1.29, 1.82) is 0 Å². The molecule has 2 aliphatic rings. The molecule has 7 nitrogen and oxygen atoms in total. The van der Waals surface area contributed by atoms with E-state index in [0.29, 0.717) is 12.5 Å². The monoisotopic (exact) mass is 335 g/mol. The zero-order valence-corrected chi connectivity index (χ0v) is 13.3. The number of aromatic nitrogens is 1. The Hall–Kier alpha value is -2.51. The lowest BCUT2D eigenvalue weighted by Crippen LogP contribution is -2.53. The highest BCUT2D eigenvalue weighted by atomic mass is 19.1. The molecule has 128 valence electrons. The molecule has 1 saturated heterocycles. The molecule has 1 unspecified atom stereocenters. The van der Waals surface area contributed by atoms with E-state index in [1.54, 1.807) is 0 Å². The lowest BCUT2D eigenvalue weighted by atomic mass is 10.0. The Kier molecular flexibility index (Phi) is 4.46. The fraction of sp³-hybridized carbons (Fsp3) is 0.500. The fourth-order valence-corrected chi connectivity index (χ4v) is 2.44. The van der Waals surface area contributed by atoms with Crippen molar-refractivity contribution >= 4 is 17.7 Å². The van der Waals surface area contributed by atoms with Crippen molar-refractivity contribution in [2.24, 2.45) is 5.92 Å². The average Bonchev–Trinajstić information content (AvgIpc) is 3.38. The summed E-state index contributed by atoms with van der Waals surface area (Å²) in [4.78, 5) is 40.3. The van der Waals surface area contributed by atoms with Crippen LogP contribution in [0.2, 0.25) is 0 Å². The van der Waals surface area contributed by atoms with E-state index < -0.39 is 29.4 Å². The van der Waals surface area contributed by atoms with Crippen molar-refractivity contribution in [2.45, 2.75) is 31.7 Å². The first-order valence-corrected chi connectivity index (χ1v) is 7.85. The van der Waals surface area contributed by atoms with Crippen molar-refractivity contribution in [1.82, 2.24) is 15.2 Å². The summed E-state index contributed by atoms with van der Waals surface area (Å²) >= 11 is 0. The Morgan fingerprint density at radius 1 is 1.42 bits per heavy atom. The van der Waals surface area contributed by atoms with E-state index >= 15 is 0 Å². The lowest BCUT2D eigenvalue weighted by molar-refractivity contribution is -0.147. The van der Waals surface area contributed by atoms with Gasteiger partial charge in [-0.1, -0.05) is 0 Å². The van der Waals surface area contributed by atoms with Crippen LogP contribution in [0.25, 0.3) is 0 Å². The molecule has 1 N–H and O–H groups in total. The molecule has 0 bridgehead atoms. The molecule has 8 heteroatoms. The average molecular weight is 335 g/mol. The highest BCUT2D eigenvalue weighted by Gasteiger charge is 2.33. The number of halogens is 1. The zero-order chi connectivity index (χ0) is 17.3. The summed E-state index contributed by atoms with van der Waals surface area (Å²) < 4.78 is 19.5. The Morgan fingerprint density at radius 3 is 2.83 bits per heavy atom. The summed E-state index contributed by atoms with van der Waals surface area (Å²) in [6.45, 7) is 0.517. The van der Waals surface area contributed by atoms with Crippen molar-refractivity contribution in [3.05, 3.63) is 23.8 Å². The maximum absolute atomic E-state index is 14.1. The number of ether oxygens (including phenoxy) is 1. The Bertz CT molecular complexity index is 690. The molecule has 1 saturated carbocycles. The van der Waals surface area contributed by atoms with Gasteiger partial charge in [0.05, 0.1) is 12.8 Å². The Morgan fingerprint density at radius 2 is 2.17 bits per heavy atom. The van der Waals surface area contributed by atoms with Crippen molar-refractivity contribution in [3.8, 4) is 5.75 Å². The minimum absolute atomic E-state index is 0.150. The molecule has 3 rings (SSSR count). The van der Waals surface area contributed by atoms with Crippen LogP contribution in [0.3, 0.4) is 0 Å². The van der Waals surface area contributed by atoms with Gasteiger partial charge >= 0.3 is 0 Å². The van der Waals surface area contributed by atoms with Crippen LogP contribution in [0.1, 0.15) is 36.2 Å². The number of imide groups is 1. The molecule has 0 radical (unpaired) electrons. The smallest absolute Gasteiger partial charge is 0.273 e. The van der Waals surface area contributed by atoms with Gasteiger partial charge in [-0.05, 0) is 25.2 Å². The number of piperidine rings is 1. The van der Waals surface area contributed by atoms with Gasteiger partial charge in [-0.3, -0.25) is 19.3 Å². The number of likely N-dealkylation sites (N-methyl/N-ethyl adjacent to an activating group) is 1. The summed E-state index contributed by atoms with van der Waals surface area (Å²) in [5.41, 5.74) is -0.402. The molecule has 0 aromatic carbocycles. The minimum Gasteiger partial charge on any atom is -0.492 e. The van der Waals surface area contributed by atoms with E-state index in [9.17, 15) is 18.8 Å². The molecule has 1 atom stereocenters. The van der Waals surface area contributed by atoms with E-state index in [0.717, 1.165) is 23.8 Å². The van der Waals surface area contributed by atoms with Crippen LogP contribution in [0.15, 0.2) is 12.3 Å². The fourth-order valence-electron chi connectivity index (χ4n) is 2.44. The van der Waals surface area contributed by atoms with E-state index in [2.05, 4.69) is 10.3 Å². The second kappa shape index (κ2) is 6.54. The van der Waals surface area contributed by atoms with Crippen LogP contribution >= 0.6 is 0 Å². The number of nitrogens with one attached hydrogen (secondary N) is 1. The maximum Gasteiger partial charge on any atom is 0.273 e. The topological polar surface area (TPSA) is 88.6 Å². The molecule has 0 spiro atoms. The highest BCUT2D eigenvalue weighted by Crippen LogP contribution is 2.29. The third-order valence-electron chi connectivity index (χ3n) is 4.17. The zero-order valence-electron chi connectivity index (χ0n) is 13.3. The van der Waals surface area contributed by atoms with Crippen molar-refractivity contribution < 1.29 is 23.5 Å². The van der Waals surface area contributed by atoms with Crippen LogP contribution in [-0.2, 0) is 9.59 Å². The van der Waals surface area contributed by atoms with Crippen LogP contribution in [-0.4, -0.2) is 47.3 Å². The number of likely N-dealkylation sites (tertiary alicyclic amines) is 1. The number of nitrogens with zero attached hydrogens (tertiary/aromatic N) is 2. The molecule has 24 heavy (non-hydrogen) atoms. The third-order valence-corrected chi connectivity index (χ3v) is 4.17. The first-order valence-electron chi connectivity index (χ1n) is 7.85. The largest absolute Gasteiger partial charge is 0.492 e. The quantitative estimate of drug-likeness (QED) is 0.807. The summed E-state index contributed by atoms with van der Waals surface area (Å²) in [5.74, 6) is -1.62. The van der Waals surface area contributed by atoms with Crippen LogP contribution < -0.4 is 10.1 Å². The summed E-state index contributed by atoms with van der Waals surface area (Å²) in [7, 11) is 1.35. The number of pyridine rings is 1. The SMILES string of the molecule is CN1C(=O)CCC(NC(=O)c2ncc(OCC3CC3)cc2F)C1=O. The molecular weight excluding hydrogens is 317 g/mol. The summed E-state index contributed by atoms with van der Waals surface area (Å²) in [5, 5.41) is 2.43. The second-order valence-electron chi connectivity index (χ2n) is 6.11. The first kappa shape index (κ1) is 16.4. The third kappa shape index (κ3) is 3.52. The molecule has 2 heterocycles. The normalized spacial score (nSPS) is 20.9. The van der Waals surface area contributed by atoms with E-state index in [4.69, 9.17) is 4.74 Å².